The first-order chi connectivity index (χ1) is 8.13. The average Bonchev–Trinajstić information content (AvgIpc) is 2.74. The number of halogens is 1. The van der Waals surface area contributed by atoms with Crippen molar-refractivity contribution in [1.82, 2.24) is 9.78 Å². The molecule has 2 rings (SSSR count). The first kappa shape index (κ1) is 12.4. The molecule has 0 fully saturated rings. The SMILES string of the molecule is COc1cccc(-n2cc(I)cn2)c1[C@H](C)O. The number of methoxy groups -OCH3 is 1. The summed E-state index contributed by atoms with van der Waals surface area (Å²) >= 11 is 2.20. The maximum Gasteiger partial charge on any atom is 0.126 e. The minimum absolute atomic E-state index is 0.608. The molecule has 0 spiro atoms. The van der Waals surface area contributed by atoms with E-state index >= 15 is 0 Å². The van der Waals surface area contributed by atoms with Crippen molar-refractivity contribution < 1.29 is 9.84 Å². The van der Waals surface area contributed by atoms with E-state index in [2.05, 4.69) is 27.7 Å². The Hall–Kier alpha value is -1.08. The summed E-state index contributed by atoms with van der Waals surface area (Å²) in [5.41, 5.74) is 1.58. The molecule has 1 atom stereocenters. The fraction of sp³-hybridized carbons (Fsp3) is 0.250. The quantitative estimate of drug-likeness (QED) is 0.871. The Kier molecular flexibility index (Phi) is 3.68. The van der Waals surface area contributed by atoms with Gasteiger partial charge in [0.2, 0.25) is 0 Å². The Bertz CT molecular complexity index is 523. The summed E-state index contributed by atoms with van der Waals surface area (Å²) in [6, 6.07) is 5.63. The highest BCUT2D eigenvalue weighted by Gasteiger charge is 2.15. The molecule has 0 saturated heterocycles. The van der Waals surface area contributed by atoms with Crippen LogP contribution in [-0.2, 0) is 0 Å². The first-order valence-corrected chi connectivity index (χ1v) is 6.27. The predicted octanol–water partition coefficient (Wildman–Crippen LogP) is 2.54. The van der Waals surface area contributed by atoms with E-state index < -0.39 is 6.10 Å². The van der Waals surface area contributed by atoms with Gasteiger partial charge in [0, 0.05) is 11.8 Å². The minimum atomic E-state index is -0.608. The zero-order valence-electron chi connectivity index (χ0n) is 9.59. The molecule has 0 aliphatic carbocycles. The summed E-state index contributed by atoms with van der Waals surface area (Å²) in [5.74, 6) is 0.669. The summed E-state index contributed by atoms with van der Waals surface area (Å²) in [5, 5.41) is 14.1. The van der Waals surface area contributed by atoms with E-state index in [0.717, 1.165) is 14.8 Å². The third-order valence-electron chi connectivity index (χ3n) is 2.48. The highest BCUT2D eigenvalue weighted by Crippen LogP contribution is 2.30. The van der Waals surface area contributed by atoms with Crippen molar-refractivity contribution in [2.75, 3.05) is 7.11 Å². The first-order valence-electron chi connectivity index (χ1n) is 5.19. The molecule has 2 aromatic rings. The topological polar surface area (TPSA) is 47.3 Å². The molecule has 0 radical (unpaired) electrons. The van der Waals surface area contributed by atoms with E-state index in [0.29, 0.717) is 5.75 Å². The second-order valence-electron chi connectivity index (χ2n) is 3.67. The molecule has 0 saturated carbocycles. The molecule has 1 N–H and O–H groups in total. The standard InChI is InChI=1S/C12H13IN2O2/c1-8(16)12-10(4-3-5-11(12)17-2)15-7-9(13)6-14-15/h3-8,16H,1-2H3/t8-/m0/s1. The van der Waals surface area contributed by atoms with Gasteiger partial charge < -0.3 is 9.84 Å². The lowest BCUT2D eigenvalue weighted by Gasteiger charge is -2.15. The van der Waals surface area contributed by atoms with Crippen LogP contribution in [0.4, 0.5) is 0 Å². The fourth-order valence-corrected chi connectivity index (χ4v) is 2.15. The van der Waals surface area contributed by atoms with Crippen LogP contribution in [0.5, 0.6) is 5.75 Å². The van der Waals surface area contributed by atoms with Gasteiger partial charge in [0.25, 0.3) is 0 Å². The van der Waals surface area contributed by atoms with Gasteiger partial charge in [-0.25, -0.2) is 4.68 Å². The van der Waals surface area contributed by atoms with Crippen molar-refractivity contribution in [3.05, 3.63) is 39.7 Å². The van der Waals surface area contributed by atoms with E-state index in [4.69, 9.17) is 4.74 Å². The lowest BCUT2D eigenvalue weighted by molar-refractivity contribution is 0.194. The highest BCUT2D eigenvalue weighted by atomic mass is 127. The van der Waals surface area contributed by atoms with Crippen molar-refractivity contribution >= 4 is 22.6 Å². The van der Waals surface area contributed by atoms with Crippen LogP contribution in [0, 0.1) is 3.57 Å². The Morgan fingerprint density at radius 1 is 1.47 bits per heavy atom. The summed E-state index contributed by atoms with van der Waals surface area (Å²) in [7, 11) is 1.60. The lowest BCUT2D eigenvalue weighted by atomic mass is 10.1. The molecule has 1 aromatic carbocycles. The van der Waals surface area contributed by atoms with Crippen LogP contribution in [0.25, 0.3) is 5.69 Å². The van der Waals surface area contributed by atoms with Gasteiger partial charge in [0.05, 0.1) is 28.7 Å². The number of aliphatic hydroxyl groups is 1. The van der Waals surface area contributed by atoms with Gasteiger partial charge in [-0.1, -0.05) is 6.07 Å². The number of nitrogens with zero attached hydrogens (tertiary/aromatic N) is 2. The van der Waals surface area contributed by atoms with E-state index in [1.165, 1.54) is 0 Å². The number of hydrogen-bond donors (Lipinski definition) is 1. The molecule has 0 aliphatic heterocycles. The van der Waals surface area contributed by atoms with Gasteiger partial charge in [-0.3, -0.25) is 0 Å². The molecule has 5 heteroatoms. The van der Waals surface area contributed by atoms with Crippen LogP contribution >= 0.6 is 22.6 Å². The molecular formula is C12H13IN2O2. The van der Waals surface area contributed by atoms with Gasteiger partial charge in [0.1, 0.15) is 5.75 Å². The largest absolute Gasteiger partial charge is 0.496 e. The third kappa shape index (κ3) is 2.44. The van der Waals surface area contributed by atoms with Crippen LogP contribution in [0.2, 0.25) is 0 Å². The van der Waals surface area contributed by atoms with Crippen molar-refractivity contribution in [1.29, 1.82) is 0 Å². The average molecular weight is 344 g/mol. The van der Waals surface area contributed by atoms with Crippen molar-refractivity contribution in [2.24, 2.45) is 0 Å². The Morgan fingerprint density at radius 2 is 2.24 bits per heavy atom. The maximum absolute atomic E-state index is 9.86. The maximum atomic E-state index is 9.86. The molecular weight excluding hydrogens is 331 g/mol. The molecule has 1 heterocycles. The third-order valence-corrected chi connectivity index (χ3v) is 3.04. The highest BCUT2D eigenvalue weighted by molar-refractivity contribution is 14.1. The monoisotopic (exact) mass is 344 g/mol. The molecule has 1 aromatic heterocycles. The number of hydrogen-bond acceptors (Lipinski definition) is 3. The van der Waals surface area contributed by atoms with E-state index in [-0.39, 0.29) is 0 Å². The van der Waals surface area contributed by atoms with Gasteiger partial charge in [-0.2, -0.15) is 5.10 Å². The summed E-state index contributed by atoms with van der Waals surface area (Å²) in [6.07, 6.45) is 3.07. The van der Waals surface area contributed by atoms with Gasteiger partial charge >= 0.3 is 0 Å². The van der Waals surface area contributed by atoms with E-state index in [1.54, 1.807) is 24.9 Å². The van der Waals surface area contributed by atoms with Crippen LogP contribution in [0.3, 0.4) is 0 Å². The number of benzene rings is 1. The molecule has 90 valence electrons. The van der Waals surface area contributed by atoms with Crippen molar-refractivity contribution in [3.8, 4) is 11.4 Å². The van der Waals surface area contributed by atoms with Gasteiger partial charge in [-0.15, -0.1) is 0 Å². The van der Waals surface area contributed by atoms with E-state index in [1.807, 2.05) is 24.4 Å². The zero-order chi connectivity index (χ0) is 12.4. The smallest absolute Gasteiger partial charge is 0.126 e. The Labute approximate surface area is 113 Å². The molecule has 0 aliphatic rings. The molecule has 17 heavy (non-hydrogen) atoms. The summed E-state index contributed by atoms with van der Waals surface area (Å²) in [6.45, 7) is 1.72. The van der Waals surface area contributed by atoms with Gasteiger partial charge in [0.15, 0.2) is 0 Å². The minimum Gasteiger partial charge on any atom is -0.496 e. The molecule has 0 unspecified atom stereocenters. The number of aliphatic hydroxyl groups excluding tert-OH is 1. The predicted molar refractivity (Wildman–Crippen MR) is 73.5 cm³/mol. The Balaban J connectivity index is 2.60. The van der Waals surface area contributed by atoms with Crippen LogP contribution < -0.4 is 4.74 Å². The molecule has 4 nitrogen and oxygen atoms in total. The van der Waals surface area contributed by atoms with Crippen molar-refractivity contribution in [2.45, 2.75) is 13.0 Å². The number of rotatable bonds is 3. The summed E-state index contributed by atoms with van der Waals surface area (Å²) < 4.78 is 8.06. The van der Waals surface area contributed by atoms with Crippen LogP contribution in [0.1, 0.15) is 18.6 Å². The van der Waals surface area contributed by atoms with Crippen LogP contribution in [0.15, 0.2) is 30.6 Å². The van der Waals surface area contributed by atoms with Gasteiger partial charge in [-0.05, 0) is 41.6 Å². The molecule has 0 amide bonds. The summed E-state index contributed by atoms with van der Waals surface area (Å²) in [4.78, 5) is 0. The number of aromatic nitrogens is 2. The zero-order valence-corrected chi connectivity index (χ0v) is 11.7. The molecule has 0 bridgehead atoms. The normalized spacial score (nSPS) is 12.5. The van der Waals surface area contributed by atoms with Crippen LogP contribution in [-0.4, -0.2) is 22.0 Å². The fourth-order valence-electron chi connectivity index (χ4n) is 1.76. The van der Waals surface area contributed by atoms with Crippen molar-refractivity contribution in [3.63, 3.8) is 0 Å². The Morgan fingerprint density at radius 3 is 2.76 bits per heavy atom. The lowest BCUT2D eigenvalue weighted by Crippen LogP contribution is -2.05. The second-order valence-corrected chi connectivity index (χ2v) is 4.92. The second kappa shape index (κ2) is 5.05. The van der Waals surface area contributed by atoms with E-state index in [9.17, 15) is 5.11 Å². The number of ether oxygens (including phenoxy) is 1.